The number of benzene rings is 1. The molecule has 0 saturated carbocycles. The van der Waals surface area contributed by atoms with Gasteiger partial charge in [0.1, 0.15) is 0 Å². The molecule has 1 aromatic heterocycles. The summed E-state index contributed by atoms with van der Waals surface area (Å²) in [5.74, 6) is 1.29. The molecule has 1 amide bonds. The molecule has 6 nitrogen and oxygen atoms in total. The van der Waals surface area contributed by atoms with E-state index in [1.54, 1.807) is 22.6 Å². The minimum atomic E-state index is -0.216. The molecule has 0 aliphatic carbocycles. The molecule has 1 saturated heterocycles. The van der Waals surface area contributed by atoms with Crippen molar-refractivity contribution in [3.05, 3.63) is 36.2 Å². The molecule has 136 valence electrons. The van der Waals surface area contributed by atoms with Crippen LogP contribution in [0, 0.1) is 5.92 Å². The number of piperidine rings is 1. The fourth-order valence-corrected chi connectivity index (χ4v) is 3.63. The third-order valence-corrected chi connectivity index (χ3v) is 5.01. The van der Waals surface area contributed by atoms with Gasteiger partial charge in [0.2, 0.25) is 0 Å². The van der Waals surface area contributed by atoms with Crippen molar-refractivity contribution in [3.8, 4) is 0 Å². The number of nitrogens with one attached hydrogen (secondary N) is 2. The van der Waals surface area contributed by atoms with Crippen molar-refractivity contribution < 1.29 is 4.79 Å². The van der Waals surface area contributed by atoms with Gasteiger partial charge in [-0.15, -0.1) is 29.3 Å². The van der Waals surface area contributed by atoms with Crippen molar-refractivity contribution in [1.82, 2.24) is 20.3 Å². The van der Waals surface area contributed by atoms with Gasteiger partial charge in [-0.25, -0.2) is 0 Å². The number of hydrogen-bond donors (Lipinski definition) is 2. The second-order valence-corrected chi connectivity index (χ2v) is 7.23. The summed E-state index contributed by atoms with van der Waals surface area (Å²) < 4.78 is 1.78. The highest BCUT2D eigenvalue weighted by Gasteiger charge is 2.17. The summed E-state index contributed by atoms with van der Waals surface area (Å²) in [7, 11) is 0. The third-order valence-electron chi connectivity index (χ3n) is 4.05. The monoisotopic (exact) mass is 381 g/mol. The molecule has 0 bridgehead atoms. The highest BCUT2D eigenvalue weighted by Crippen LogP contribution is 2.26. The fraction of sp³-hybridized carbons (Fsp3) is 0.471. The highest BCUT2D eigenvalue weighted by atomic mass is 35.5. The quantitative estimate of drug-likeness (QED) is 0.752. The first kappa shape index (κ1) is 19.8. The van der Waals surface area contributed by atoms with Crippen LogP contribution < -0.4 is 10.6 Å². The minimum absolute atomic E-state index is 0. The number of carbonyl (C=O) groups excluding carboxylic acids is 1. The van der Waals surface area contributed by atoms with Gasteiger partial charge in [0.05, 0.1) is 11.9 Å². The number of thioether (sulfide) groups is 1. The molecule has 8 heteroatoms. The van der Waals surface area contributed by atoms with Gasteiger partial charge in [-0.1, -0.05) is 24.3 Å². The van der Waals surface area contributed by atoms with E-state index in [1.807, 2.05) is 24.3 Å². The fourth-order valence-electron chi connectivity index (χ4n) is 2.87. The molecule has 25 heavy (non-hydrogen) atoms. The van der Waals surface area contributed by atoms with Gasteiger partial charge in [0.15, 0.2) is 5.69 Å². The Bertz CT molecular complexity index is 687. The number of aromatic nitrogens is 3. The van der Waals surface area contributed by atoms with E-state index in [0.29, 0.717) is 11.6 Å². The van der Waals surface area contributed by atoms with E-state index in [1.165, 1.54) is 12.8 Å². The van der Waals surface area contributed by atoms with Crippen LogP contribution in [-0.4, -0.2) is 39.7 Å². The normalized spacial score (nSPS) is 16.9. The van der Waals surface area contributed by atoms with Crippen molar-refractivity contribution in [2.75, 3.05) is 24.2 Å². The molecule has 1 aliphatic rings. The van der Waals surface area contributed by atoms with Crippen molar-refractivity contribution >= 4 is 35.8 Å². The molecule has 0 radical (unpaired) electrons. The molecule has 1 atom stereocenters. The molecule has 1 unspecified atom stereocenters. The van der Waals surface area contributed by atoms with Crippen LogP contribution in [0.5, 0.6) is 0 Å². The number of hydrogen-bond acceptors (Lipinski definition) is 5. The van der Waals surface area contributed by atoms with Gasteiger partial charge in [-0.3, -0.25) is 9.48 Å². The Balaban J connectivity index is 0.00000225. The van der Waals surface area contributed by atoms with Crippen LogP contribution in [-0.2, 0) is 6.54 Å². The van der Waals surface area contributed by atoms with E-state index in [2.05, 4.69) is 27.9 Å². The summed E-state index contributed by atoms with van der Waals surface area (Å²) >= 11 is 1.70. The van der Waals surface area contributed by atoms with Crippen molar-refractivity contribution in [2.24, 2.45) is 5.92 Å². The standard InChI is InChI=1S/C17H23N5OS.ClH/c1-2-24-16-8-4-3-7-14(16)19-17(23)15-12-22(21-20-15)11-13-6-5-9-18-10-13;/h3-4,7-8,12-13,18H,2,5-6,9-11H2,1H3,(H,19,23);1H. The first-order chi connectivity index (χ1) is 11.8. The van der Waals surface area contributed by atoms with Gasteiger partial charge in [0, 0.05) is 11.4 Å². The van der Waals surface area contributed by atoms with Gasteiger partial charge < -0.3 is 10.6 Å². The number of carbonyl (C=O) groups is 1. The Morgan fingerprint density at radius 2 is 2.28 bits per heavy atom. The second-order valence-electron chi connectivity index (χ2n) is 5.92. The van der Waals surface area contributed by atoms with Gasteiger partial charge in [0.25, 0.3) is 5.91 Å². The predicted octanol–water partition coefficient (Wildman–Crippen LogP) is 3.06. The Labute approximate surface area is 158 Å². The number of anilines is 1. The molecule has 2 heterocycles. The largest absolute Gasteiger partial charge is 0.320 e. The van der Waals surface area contributed by atoms with Crippen LogP contribution in [0.15, 0.2) is 35.4 Å². The maximum absolute atomic E-state index is 12.4. The lowest BCUT2D eigenvalue weighted by molar-refractivity contribution is 0.102. The van der Waals surface area contributed by atoms with E-state index in [0.717, 1.165) is 36.0 Å². The molecule has 0 spiro atoms. The minimum Gasteiger partial charge on any atom is -0.320 e. The number of para-hydroxylation sites is 1. The van der Waals surface area contributed by atoms with Crippen LogP contribution in [0.4, 0.5) is 5.69 Å². The van der Waals surface area contributed by atoms with E-state index < -0.39 is 0 Å². The van der Waals surface area contributed by atoms with Crippen LogP contribution in [0.25, 0.3) is 0 Å². The van der Waals surface area contributed by atoms with Crippen molar-refractivity contribution in [2.45, 2.75) is 31.2 Å². The average Bonchev–Trinajstić information content (AvgIpc) is 3.06. The third kappa shape index (κ3) is 5.45. The number of amides is 1. The van der Waals surface area contributed by atoms with E-state index in [4.69, 9.17) is 0 Å². The predicted molar refractivity (Wildman–Crippen MR) is 104 cm³/mol. The van der Waals surface area contributed by atoms with E-state index in [9.17, 15) is 4.79 Å². The SMILES string of the molecule is CCSc1ccccc1NC(=O)c1cn(CC2CCCNC2)nn1.Cl. The van der Waals surface area contributed by atoms with Crippen LogP contribution in [0.2, 0.25) is 0 Å². The number of rotatable bonds is 6. The molecule has 1 aliphatic heterocycles. The van der Waals surface area contributed by atoms with Crippen LogP contribution in [0.3, 0.4) is 0 Å². The molecule has 2 aromatic rings. The Morgan fingerprint density at radius 1 is 1.44 bits per heavy atom. The van der Waals surface area contributed by atoms with Gasteiger partial charge >= 0.3 is 0 Å². The number of halogens is 1. The van der Waals surface area contributed by atoms with E-state index in [-0.39, 0.29) is 18.3 Å². The van der Waals surface area contributed by atoms with Crippen LogP contribution in [0.1, 0.15) is 30.3 Å². The lowest BCUT2D eigenvalue weighted by Crippen LogP contribution is -2.32. The lowest BCUT2D eigenvalue weighted by atomic mass is 10.00. The van der Waals surface area contributed by atoms with Gasteiger partial charge in [-0.2, -0.15) is 0 Å². The maximum atomic E-state index is 12.4. The van der Waals surface area contributed by atoms with Crippen LogP contribution >= 0.6 is 24.2 Å². The number of nitrogens with zero attached hydrogens (tertiary/aromatic N) is 3. The zero-order valence-electron chi connectivity index (χ0n) is 14.3. The smallest absolute Gasteiger partial charge is 0.277 e. The molecular weight excluding hydrogens is 358 g/mol. The van der Waals surface area contributed by atoms with Crippen molar-refractivity contribution in [1.29, 1.82) is 0 Å². The molecule has 1 aromatic carbocycles. The first-order valence-corrected chi connectivity index (χ1v) is 9.39. The zero-order chi connectivity index (χ0) is 16.8. The second kappa shape index (κ2) is 9.79. The maximum Gasteiger partial charge on any atom is 0.277 e. The zero-order valence-corrected chi connectivity index (χ0v) is 15.9. The Hall–Kier alpha value is -1.57. The topological polar surface area (TPSA) is 71.8 Å². The summed E-state index contributed by atoms with van der Waals surface area (Å²) in [5.41, 5.74) is 1.18. The summed E-state index contributed by atoms with van der Waals surface area (Å²) in [5, 5.41) is 14.5. The summed E-state index contributed by atoms with van der Waals surface area (Å²) in [6.45, 7) is 4.99. The Kier molecular flexibility index (Phi) is 7.74. The molecule has 3 rings (SSSR count). The highest BCUT2D eigenvalue weighted by molar-refractivity contribution is 7.99. The van der Waals surface area contributed by atoms with Gasteiger partial charge in [-0.05, 0) is 49.7 Å². The Morgan fingerprint density at radius 3 is 3.04 bits per heavy atom. The first-order valence-electron chi connectivity index (χ1n) is 8.40. The van der Waals surface area contributed by atoms with E-state index >= 15 is 0 Å². The molecule has 2 N–H and O–H groups in total. The summed E-state index contributed by atoms with van der Waals surface area (Å²) in [6.07, 6.45) is 4.12. The molecular formula is C17H24ClN5OS. The molecule has 1 fully saturated rings. The van der Waals surface area contributed by atoms with Crippen molar-refractivity contribution in [3.63, 3.8) is 0 Å². The summed E-state index contributed by atoms with van der Waals surface area (Å²) in [6, 6.07) is 7.81. The lowest BCUT2D eigenvalue weighted by Gasteiger charge is -2.22. The summed E-state index contributed by atoms with van der Waals surface area (Å²) in [4.78, 5) is 13.5. The average molecular weight is 382 g/mol.